The lowest BCUT2D eigenvalue weighted by molar-refractivity contribution is 0.0708. The molecule has 0 spiro atoms. The Bertz CT molecular complexity index is 1030. The van der Waals surface area contributed by atoms with Gasteiger partial charge in [-0.1, -0.05) is 37.3 Å². The highest BCUT2D eigenvalue weighted by molar-refractivity contribution is 5.97. The number of benzene rings is 2. The summed E-state index contributed by atoms with van der Waals surface area (Å²) in [7, 11) is 0. The number of ether oxygens (including phenoxy) is 1. The standard InChI is InChI=1S/C24H26N2O2/c1-15-16(2)28-23-18(15)7-5-8-20(23)24(27)26-12-10-17(11-13-26)21-14-25-22-9-4-3-6-19(21)22/h3-9,14-17,25H,10-13H2,1-2H3. The van der Waals surface area contributed by atoms with E-state index in [1.165, 1.54) is 16.5 Å². The Kier molecular flexibility index (Phi) is 4.15. The summed E-state index contributed by atoms with van der Waals surface area (Å²) in [6, 6.07) is 14.5. The molecule has 3 aromatic rings. The Hall–Kier alpha value is -2.75. The van der Waals surface area contributed by atoms with Gasteiger partial charge < -0.3 is 14.6 Å². The van der Waals surface area contributed by atoms with Crippen LogP contribution in [0.3, 0.4) is 0 Å². The first-order chi connectivity index (χ1) is 13.6. The molecule has 4 heteroatoms. The van der Waals surface area contributed by atoms with Gasteiger partial charge in [0.05, 0.1) is 5.56 Å². The number of carbonyl (C=O) groups is 1. The van der Waals surface area contributed by atoms with Crippen LogP contribution in [-0.2, 0) is 0 Å². The Morgan fingerprint density at radius 1 is 1.04 bits per heavy atom. The zero-order valence-corrected chi connectivity index (χ0v) is 16.4. The fourth-order valence-electron chi connectivity index (χ4n) is 4.75. The maximum atomic E-state index is 13.2. The van der Waals surface area contributed by atoms with Crippen LogP contribution in [0.2, 0.25) is 0 Å². The molecule has 28 heavy (non-hydrogen) atoms. The largest absolute Gasteiger partial charge is 0.489 e. The van der Waals surface area contributed by atoms with Gasteiger partial charge in [0, 0.05) is 41.7 Å². The minimum absolute atomic E-state index is 0.107. The number of fused-ring (bicyclic) bond motifs is 2. The summed E-state index contributed by atoms with van der Waals surface area (Å²) in [6.07, 6.45) is 4.26. The van der Waals surface area contributed by atoms with Crippen molar-refractivity contribution in [2.24, 2.45) is 0 Å². The average molecular weight is 374 g/mol. The van der Waals surface area contributed by atoms with E-state index in [1.54, 1.807) is 0 Å². The van der Waals surface area contributed by atoms with Crippen LogP contribution in [-0.4, -0.2) is 35.0 Å². The third-order valence-electron chi connectivity index (χ3n) is 6.62. The number of aromatic amines is 1. The number of nitrogens with one attached hydrogen (secondary N) is 1. The summed E-state index contributed by atoms with van der Waals surface area (Å²) < 4.78 is 6.04. The molecule has 0 radical (unpaired) electrons. The van der Waals surface area contributed by atoms with Crippen LogP contribution < -0.4 is 4.74 Å². The van der Waals surface area contributed by atoms with E-state index < -0.39 is 0 Å². The number of hydrogen-bond donors (Lipinski definition) is 1. The second-order valence-electron chi connectivity index (χ2n) is 8.19. The lowest BCUT2D eigenvalue weighted by atomic mass is 9.89. The smallest absolute Gasteiger partial charge is 0.257 e. The Balaban J connectivity index is 1.33. The molecular formula is C24H26N2O2. The second-order valence-corrected chi connectivity index (χ2v) is 8.19. The van der Waals surface area contributed by atoms with Crippen molar-refractivity contribution in [2.45, 2.75) is 44.6 Å². The molecule has 5 rings (SSSR count). The summed E-state index contributed by atoms with van der Waals surface area (Å²) in [4.78, 5) is 18.6. The fourth-order valence-corrected chi connectivity index (χ4v) is 4.75. The third-order valence-corrected chi connectivity index (χ3v) is 6.62. The number of carbonyl (C=O) groups excluding carboxylic acids is 1. The predicted molar refractivity (Wildman–Crippen MR) is 111 cm³/mol. The molecule has 2 atom stereocenters. The van der Waals surface area contributed by atoms with Crippen LogP contribution in [0.15, 0.2) is 48.7 Å². The fraction of sp³-hybridized carbons (Fsp3) is 0.375. The number of nitrogens with zero attached hydrogens (tertiary/aromatic N) is 1. The molecule has 3 heterocycles. The second kappa shape index (κ2) is 6.69. The monoisotopic (exact) mass is 374 g/mol. The topological polar surface area (TPSA) is 45.3 Å². The van der Waals surface area contributed by atoms with Crippen molar-refractivity contribution in [1.82, 2.24) is 9.88 Å². The lowest BCUT2D eigenvalue weighted by Crippen LogP contribution is -2.38. The van der Waals surface area contributed by atoms with Crippen molar-refractivity contribution in [3.8, 4) is 5.75 Å². The number of likely N-dealkylation sites (tertiary alicyclic amines) is 1. The first-order valence-electron chi connectivity index (χ1n) is 10.3. The number of hydrogen-bond acceptors (Lipinski definition) is 2. The molecule has 2 unspecified atom stereocenters. The molecule has 1 aromatic heterocycles. The van der Waals surface area contributed by atoms with E-state index in [-0.39, 0.29) is 12.0 Å². The van der Waals surface area contributed by atoms with Gasteiger partial charge >= 0.3 is 0 Å². The van der Waals surface area contributed by atoms with Crippen LogP contribution in [0.25, 0.3) is 10.9 Å². The number of amides is 1. The molecule has 2 aliphatic rings. The molecule has 1 amide bonds. The van der Waals surface area contributed by atoms with Crippen LogP contribution in [0.5, 0.6) is 5.75 Å². The SMILES string of the molecule is CC1Oc2c(C(=O)N3CCC(c4c[nH]c5ccccc45)CC3)cccc2C1C. The molecule has 2 aliphatic heterocycles. The van der Waals surface area contributed by atoms with Crippen molar-refractivity contribution in [2.75, 3.05) is 13.1 Å². The first kappa shape index (κ1) is 17.4. The summed E-state index contributed by atoms with van der Waals surface area (Å²) in [5, 5.41) is 1.31. The van der Waals surface area contributed by atoms with Crippen molar-refractivity contribution in [1.29, 1.82) is 0 Å². The lowest BCUT2D eigenvalue weighted by Gasteiger charge is -2.32. The average Bonchev–Trinajstić information content (AvgIpc) is 3.29. The number of piperidine rings is 1. The minimum atomic E-state index is 0.107. The molecule has 4 nitrogen and oxygen atoms in total. The van der Waals surface area contributed by atoms with Crippen molar-refractivity contribution < 1.29 is 9.53 Å². The number of para-hydroxylation sites is 2. The van der Waals surface area contributed by atoms with Crippen LogP contribution >= 0.6 is 0 Å². The van der Waals surface area contributed by atoms with E-state index in [9.17, 15) is 4.79 Å². The van der Waals surface area contributed by atoms with Crippen molar-refractivity contribution >= 4 is 16.8 Å². The molecular weight excluding hydrogens is 348 g/mol. The van der Waals surface area contributed by atoms with Gasteiger partial charge in [0.15, 0.2) is 0 Å². The Labute approximate surface area is 165 Å². The number of rotatable bonds is 2. The van der Waals surface area contributed by atoms with Crippen molar-refractivity contribution in [3.63, 3.8) is 0 Å². The quantitative estimate of drug-likeness (QED) is 0.680. The highest BCUT2D eigenvalue weighted by Crippen LogP contribution is 2.41. The molecule has 0 aliphatic carbocycles. The minimum Gasteiger partial charge on any atom is -0.489 e. The summed E-state index contributed by atoms with van der Waals surface area (Å²) >= 11 is 0. The highest BCUT2D eigenvalue weighted by atomic mass is 16.5. The van der Waals surface area contributed by atoms with E-state index in [0.29, 0.717) is 11.8 Å². The molecule has 1 saturated heterocycles. The molecule has 1 N–H and O–H groups in total. The van der Waals surface area contributed by atoms with Gasteiger partial charge in [0.1, 0.15) is 11.9 Å². The van der Waals surface area contributed by atoms with E-state index in [1.807, 2.05) is 17.0 Å². The van der Waals surface area contributed by atoms with E-state index in [4.69, 9.17) is 4.74 Å². The predicted octanol–water partition coefficient (Wildman–Crippen LogP) is 5.07. The molecule has 1 fully saturated rings. The van der Waals surface area contributed by atoms with E-state index in [2.05, 4.69) is 55.4 Å². The molecule has 144 valence electrons. The van der Waals surface area contributed by atoms with Gasteiger partial charge in [-0.3, -0.25) is 4.79 Å². The Morgan fingerprint density at radius 2 is 1.82 bits per heavy atom. The van der Waals surface area contributed by atoms with E-state index in [0.717, 1.165) is 42.8 Å². The number of aromatic nitrogens is 1. The van der Waals surface area contributed by atoms with Crippen molar-refractivity contribution in [3.05, 3.63) is 65.4 Å². The third kappa shape index (κ3) is 2.70. The number of H-pyrrole nitrogens is 1. The molecule has 2 aromatic carbocycles. The van der Waals surface area contributed by atoms with Crippen LogP contribution in [0.4, 0.5) is 0 Å². The normalized spacial score (nSPS) is 22.3. The van der Waals surface area contributed by atoms with Gasteiger partial charge in [-0.25, -0.2) is 0 Å². The summed E-state index contributed by atoms with van der Waals surface area (Å²) in [5.41, 5.74) is 4.46. The zero-order valence-electron chi connectivity index (χ0n) is 16.4. The molecule has 0 saturated carbocycles. The van der Waals surface area contributed by atoms with E-state index >= 15 is 0 Å². The summed E-state index contributed by atoms with van der Waals surface area (Å²) in [5.74, 6) is 1.73. The van der Waals surface area contributed by atoms with Gasteiger partial charge in [0.25, 0.3) is 5.91 Å². The van der Waals surface area contributed by atoms with Gasteiger partial charge in [-0.15, -0.1) is 0 Å². The maximum Gasteiger partial charge on any atom is 0.257 e. The van der Waals surface area contributed by atoms with Crippen LogP contribution in [0, 0.1) is 0 Å². The maximum absolute atomic E-state index is 13.2. The van der Waals surface area contributed by atoms with Gasteiger partial charge in [-0.2, -0.15) is 0 Å². The van der Waals surface area contributed by atoms with Gasteiger partial charge in [0.2, 0.25) is 0 Å². The molecule has 0 bridgehead atoms. The highest BCUT2D eigenvalue weighted by Gasteiger charge is 2.33. The Morgan fingerprint density at radius 3 is 2.64 bits per heavy atom. The van der Waals surface area contributed by atoms with Gasteiger partial charge in [-0.05, 0) is 43.4 Å². The van der Waals surface area contributed by atoms with Crippen LogP contribution in [0.1, 0.15) is 60.0 Å². The summed E-state index contributed by atoms with van der Waals surface area (Å²) in [6.45, 7) is 5.82. The first-order valence-corrected chi connectivity index (χ1v) is 10.3. The zero-order chi connectivity index (χ0) is 19.3.